The van der Waals surface area contributed by atoms with E-state index in [1.165, 1.54) is 6.42 Å². The van der Waals surface area contributed by atoms with Crippen molar-refractivity contribution in [2.24, 2.45) is 11.1 Å². The molecule has 1 saturated carbocycles. The zero-order chi connectivity index (χ0) is 13.2. The third-order valence-corrected chi connectivity index (χ3v) is 4.99. The predicted molar refractivity (Wildman–Crippen MR) is 77.3 cm³/mol. The summed E-state index contributed by atoms with van der Waals surface area (Å²) < 4.78 is 0. The molecule has 102 valence electrons. The lowest BCUT2D eigenvalue weighted by Gasteiger charge is -2.46. The van der Waals surface area contributed by atoms with Gasteiger partial charge in [0.2, 0.25) is 5.91 Å². The van der Waals surface area contributed by atoms with Gasteiger partial charge in [-0.15, -0.1) is 0 Å². The molecule has 2 rings (SSSR count). The fourth-order valence-electron chi connectivity index (χ4n) is 3.27. The van der Waals surface area contributed by atoms with Crippen molar-refractivity contribution in [2.75, 3.05) is 6.54 Å². The molecular formula is C14H24N2OS. The van der Waals surface area contributed by atoms with Crippen molar-refractivity contribution in [2.45, 2.75) is 64.3 Å². The van der Waals surface area contributed by atoms with E-state index in [1.807, 2.05) is 0 Å². The number of carbonyl (C=O) groups is 1. The molecule has 0 aromatic rings. The van der Waals surface area contributed by atoms with Gasteiger partial charge in [0.15, 0.2) is 0 Å². The first-order valence-corrected chi connectivity index (χ1v) is 7.63. The molecule has 3 nitrogen and oxygen atoms in total. The number of thiocarbonyl (C=S) groups is 1. The summed E-state index contributed by atoms with van der Waals surface area (Å²) in [5, 5.41) is 0. The Bertz CT molecular complexity index is 337. The molecule has 1 saturated heterocycles. The van der Waals surface area contributed by atoms with Crippen LogP contribution < -0.4 is 5.73 Å². The molecule has 2 N–H and O–H groups in total. The van der Waals surface area contributed by atoms with Crippen LogP contribution in [0, 0.1) is 5.41 Å². The van der Waals surface area contributed by atoms with Gasteiger partial charge < -0.3 is 10.6 Å². The molecule has 0 aromatic carbocycles. The summed E-state index contributed by atoms with van der Waals surface area (Å²) in [5.74, 6) is 0.222. The Kier molecular flexibility index (Phi) is 4.25. The molecule has 18 heavy (non-hydrogen) atoms. The zero-order valence-electron chi connectivity index (χ0n) is 11.3. The van der Waals surface area contributed by atoms with Gasteiger partial charge in [0.05, 0.1) is 10.4 Å². The Labute approximate surface area is 115 Å². The highest BCUT2D eigenvalue weighted by molar-refractivity contribution is 7.80. The third kappa shape index (κ3) is 2.27. The van der Waals surface area contributed by atoms with E-state index in [1.54, 1.807) is 0 Å². The van der Waals surface area contributed by atoms with Crippen LogP contribution in [0.2, 0.25) is 0 Å². The highest BCUT2D eigenvalue weighted by atomic mass is 32.1. The van der Waals surface area contributed by atoms with Gasteiger partial charge >= 0.3 is 0 Å². The average Bonchev–Trinajstić information content (AvgIpc) is 2.28. The maximum Gasteiger partial charge on any atom is 0.235 e. The fraction of sp³-hybridized carbons (Fsp3) is 0.857. The number of hydrogen-bond donors (Lipinski definition) is 1. The fourth-order valence-corrected chi connectivity index (χ4v) is 3.56. The van der Waals surface area contributed by atoms with Gasteiger partial charge in [0, 0.05) is 12.6 Å². The summed E-state index contributed by atoms with van der Waals surface area (Å²) in [5.41, 5.74) is 5.36. The maximum atomic E-state index is 12.8. The second-order valence-electron chi connectivity index (χ2n) is 5.74. The van der Waals surface area contributed by atoms with Crippen molar-refractivity contribution in [3.63, 3.8) is 0 Å². The van der Waals surface area contributed by atoms with E-state index < -0.39 is 5.41 Å². The molecule has 4 heteroatoms. The van der Waals surface area contributed by atoms with Crippen molar-refractivity contribution in [1.29, 1.82) is 0 Å². The van der Waals surface area contributed by atoms with Gasteiger partial charge in [0.1, 0.15) is 0 Å². The summed E-state index contributed by atoms with van der Waals surface area (Å²) in [4.78, 5) is 15.3. The van der Waals surface area contributed by atoms with Gasteiger partial charge in [-0.25, -0.2) is 0 Å². The van der Waals surface area contributed by atoms with Gasteiger partial charge in [-0.3, -0.25) is 4.79 Å². The Balaban J connectivity index is 2.12. The first kappa shape index (κ1) is 13.8. The van der Waals surface area contributed by atoms with Gasteiger partial charge in [0.25, 0.3) is 0 Å². The lowest BCUT2D eigenvalue weighted by atomic mass is 9.67. The minimum absolute atomic E-state index is 0.222. The van der Waals surface area contributed by atoms with Crippen LogP contribution in [0.25, 0.3) is 0 Å². The molecule has 1 unspecified atom stereocenters. The molecule has 2 fully saturated rings. The summed E-state index contributed by atoms with van der Waals surface area (Å²) in [6.07, 6.45) is 8.55. The normalized spacial score (nSPS) is 26.5. The molecule has 1 aliphatic heterocycles. The highest BCUT2D eigenvalue weighted by Gasteiger charge is 2.50. The Morgan fingerprint density at radius 2 is 2.11 bits per heavy atom. The SMILES string of the molecule is CCCC1CCCCN1C(=O)C1(C(N)=S)CCC1. The second kappa shape index (κ2) is 5.55. The Morgan fingerprint density at radius 1 is 1.39 bits per heavy atom. The van der Waals surface area contributed by atoms with E-state index in [0.29, 0.717) is 11.0 Å². The quantitative estimate of drug-likeness (QED) is 0.797. The first-order chi connectivity index (χ1) is 8.62. The zero-order valence-corrected chi connectivity index (χ0v) is 12.1. The van der Waals surface area contributed by atoms with Crippen LogP contribution in [0.5, 0.6) is 0 Å². The van der Waals surface area contributed by atoms with Crippen LogP contribution in [0.3, 0.4) is 0 Å². The number of amides is 1. The van der Waals surface area contributed by atoms with E-state index in [9.17, 15) is 4.79 Å². The monoisotopic (exact) mass is 268 g/mol. The molecule has 1 aliphatic carbocycles. The smallest absolute Gasteiger partial charge is 0.235 e. The van der Waals surface area contributed by atoms with Gasteiger partial charge in [-0.2, -0.15) is 0 Å². The Morgan fingerprint density at radius 3 is 2.61 bits per heavy atom. The summed E-state index contributed by atoms with van der Waals surface area (Å²) >= 11 is 5.16. The van der Waals surface area contributed by atoms with Crippen LogP contribution in [0.15, 0.2) is 0 Å². The number of nitrogens with zero attached hydrogens (tertiary/aromatic N) is 1. The number of hydrogen-bond acceptors (Lipinski definition) is 2. The van der Waals surface area contributed by atoms with E-state index in [4.69, 9.17) is 18.0 Å². The third-order valence-electron chi connectivity index (χ3n) is 4.60. The van der Waals surface area contributed by atoms with E-state index in [-0.39, 0.29) is 5.91 Å². The van der Waals surface area contributed by atoms with Crippen LogP contribution in [0.4, 0.5) is 0 Å². The van der Waals surface area contributed by atoms with Crippen molar-refractivity contribution >= 4 is 23.1 Å². The lowest BCUT2D eigenvalue weighted by Crippen LogP contribution is -2.57. The van der Waals surface area contributed by atoms with Crippen molar-refractivity contribution in [3.05, 3.63) is 0 Å². The largest absolute Gasteiger partial charge is 0.392 e. The molecule has 1 heterocycles. The van der Waals surface area contributed by atoms with Crippen LogP contribution in [-0.2, 0) is 4.79 Å². The molecule has 0 spiro atoms. The lowest BCUT2D eigenvalue weighted by molar-refractivity contribution is -0.146. The van der Waals surface area contributed by atoms with Gasteiger partial charge in [-0.05, 0) is 38.5 Å². The van der Waals surface area contributed by atoms with E-state index >= 15 is 0 Å². The van der Waals surface area contributed by atoms with Crippen molar-refractivity contribution in [3.8, 4) is 0 Å². The molecule has 0 bridgehead atoms. The van der Waals surface area contributed by atoms with Crippen LogP contribution >= 0.6 is 12.2 Å². The van der Waals surface area contributed by atoms with Crippen molar-refractivity contribution < 1.29 is 4.79 Å². The highest BCUT2D eigenvalue weighted by Crippen LogP contribution is 2.44. The minimum Gasteiger partial charge on any atom is -0.392 e. The average molecular weight is 268 g/mol. The number of nitrogens with two attached hydrogens (primary N) is 1. The number of rotatable bonds is 4. The van der Waals surface area contributed by atoms with Crippen LogP contribution in [-0.4, -0.2) is 28.4 Å². The number of likely N-dealkylation sites (tertiary alicyclic amines) is 1. The maximum absolute atomic E-state index is 12.8. The van der Waals surface area contributed by atoms with Crippen LogP contribution in [0.1, 0.15) is 58.3 Å². The standard InChI is InChI=1S/C14H24N2OS/c1-2-6-11-7-3-4-10-16(11)13(17)14(12(15)18)8-5-9-14/h11H,2-10H2,1H3,(H2,15,18). The molecule has 1 atom stereocenters. The molecule has 2 aliphatic rings. The number of carbonyl (C=O) groups excluding carboxylic acids is 1. The molecule has 0 aromatic heterocycles. The first-order valence-electron chi connectivity index (χ1n) is 7.23. The second-order valence-corrected chi connectivity index (χ2v) is 6.18. The predicted octanol–water partition coefficient (Wildman–Crippen LogP) is 2.62. The number of piperidine rings is 1. The van der Waals surface area contributed by atoms with Crippen molar-refractivity contribution in [1.82, 2.24) is 4.90 Å². The summed E-state index contributed by atoms with van der Waals surface area (Å²) in [6.45, 7) is 3.08. The van der Waals surface area contributed by atoms with E-state index in [0.717, 1.165) is 51.5 Å². The molecule has 0 radical (unpaired) electrons. The molecule has 1 amide bonds. The topological polar surface area (TPSA) is 46.3 Å². The Hall–Kier alpha value is -0.640. The van der Waals surface area contributed by atoms with E-state index in [2.05, 4.69) is 11.8 Å². The summed E-state index contributed by atoms with van der Waals surface area (Å²) in [7, 11) is 0. The summed E-state index contributed by atoms with van der Waals surface area (Å²) in [6, 6.07) is 0.420. The van der Waals surface area contributed by atoms with Gasteiger partial charge in [-0.1, -0.05) is 32.0 Å². The molecular weight excluding hydrogens is 244 g/mol. The minimum atomic E-state index is -0.487.